The zero-order valence-corrected chi connectivity index (χ0v) is 13.9. The number of hydrogen-bond donors (Lipinski definition) is 0. The molecular formula is C17H20N6O2. The molecular weight excluding hydrogens is 320 g/mol. The highest BCUT2D eigenvalue weighted by atomic mass is 16.5. The number of pyridine rings is 1. The van der Waals surface area contributed by atoms with Crippen LogP contribution in [0.4, 0.5) is 0 Å². The molecule has 1 aliphatic heterocycles. The van der Waals surface area contributed by atoms with Crippen molar-refractivity contribution in [3.05, 3.63) is 46.6 Å². The average molecular weight is 340 g/mol. The van der Waals surface area contributed by atoms with Crippen molar-refractivity contribution < 1.29 is 4.52 Å². The van der Waals surface area contributed by atoms with Crippen molar-refractivity contribution in [3.8, 4) is 0 Å². The second-order valence-electron chi connectivity index (χ2n) is 6.89. The summed E-state index contributed by atoms with van der Waals surface area (Å²) in [6.45, 7) is 2.30. The van der Waals surface area contributed by atoms with Gasteiger partial charge in [-0.25, -0.2) is 9.48 Å². The second-order valence-corrected chi connectivity index (χ2v) is 6.89. The molecule has 8 heteroatoms. The molecule has 2 fully saturated rings. The molecule has 1 saturated carbocycles. The summed E-state index contributed by atoms with van der Waals surface area (Å²) >= 11 is 0. The molecule has 0 aromatic carbocycles. The van der Waals surface area contributed by atoms with Crippen molar-refractivity contribution in [2.24, 2.45) is 0 Å². The Morgan fingerprint density at radius 1 is 1.20 bits per heavy atom. The first-order valence-corrected chi connectivity index (χ1v) is 8.91. The summed E-state index contributed by atoms with van der Waals surface area (Å²) in [4.78, 5) is 19.3. The minimum absolute atomic E-state index is 0.0954. The van der Waals surface area contributed by atoms with E-state index in [0.717, 1.165) is 50.5 Å². The lowest BCUT2D eigenvalue weighted by Gasteiger charge is -2.21. The van der Waals surface area contributed by atoms with Crippen LogP contribution in [0, 0.1) is 0 Å². The van der Waals surface area contributed by atoms with Crippen LogP contribution < -0.4 is 5.69 Å². The zero-order valence-electron chi connectivity index (χ0n) is 13.9. The van der Waals surface area contributed by atoms with E-state index in [-0.39, 0.29) is 11.7 Å². The normalized spacial score (nSPS) is 21.4. The SMILES string of the molecule is O=c1n(CCN2CCC[C@H]2c2noc(C3CC3)n2)nc2ccccn12. The van der Waals surface area contributed by atoms with E-state index in [9.17, 15) is 4.79 Å². The van der Waals surface area contributed by atoms with Crippen LogP contribution in [0.25, 0.3) is 5.65 Å². The van der Waals surface area contributed by atoms with E-state index < -0.39 is 0 Å². The van der Waals surface area contributed by atoms with Crippen LogP contribution in [0.15, 0.2) is 33.7 Å². The van der Waals surface area contributed by atoms with E-state index in [4.69, 9.17) is 4.52 Å². The Kier molecular flexibility index (Phi) is 3.44. The number of fused-ring (bicyclic) bond motifs is 1. The first kappa shape index (κ1) is 14.8. The molecule has 3 aromatic rings. The highest BCUT2D eigenvalue weighted by molar-refractivity contribution is 5.35. The maximum absolute atomic E-state index is 12.4. The summed E-state index contributed by atoms with van der Waals surface area (Å²) in [5.74, 6) is 2.06. The molecule has 130 valence electrons. The molecule has 3 aromatic heterocycles. The average Bonchev–Trinajstić information content (AvgIpc) is 3.06. The predicted molar refractivity (Wildman–Crippen MR) is 89.3 cm³/mol. The highest BCUT2D eigenvalue weighted by Crippen LogP contribution is 2.40. The van der Waals surface area contributed by atoms with Gasteiger partial charge in [-0.1, -0.05) is 11.2 Å². The first-order chi connectivity index (χ1) is 12.3. The third-order valence-corrected chi connectivity index (χ3v) is 5.13. The van der Waals surface area contributed by atoms with Gasteiger partial charge in [0.05, 0.1) is 12.6 Å². The van der Waals surface area contributed by atoms with Gasteiger partial charge in [-0.05, 0) is 44.4 Å². The maximum atomic E-state index is 12.4. The predicted octanol–water partition coefficient (Wildman–Crippen LogP) is 1.59. The van der Waals surface area contributed by atoms with Crippen LogP contribution in [-0.2, 0) is 6.54 Å². The monoisotopic (exact) mass is 340 g/mol. The molecule has 4 heterocycles. The van der Waals surface area contributed by atoms with E-state index in [2.05, 4.69) is 20.1 Å². The summed E-state index contributed by atoms with van der Waals surface area (Å²) in [5, 5.41) is 8.60. The van der Waals surface area contributed by atoms with Crippen LogP contribution >= 0.6 is 0 Å². The van der Waals surface area contributed by atoms with Gasteiger partial charge in [0.2, 0.25) is 5.89 Å². The van der Waals surface area contributed by atoms with Crippen LogP contribution in [0.1, 0.15) is 49.4 Å². The fourth-order valence-corrected chi connectivity index (χ4v) is 3.60. The lowest BCUT2D eigenvalue weighted by Crippen LogP contribution is -2.31. The summed E-state index contributed by atoms with van der Waals surface area (Å²) < 4.78 is 8.52. The lowest BCUT2D eigenvalue weighted by atomic mass is 10.2. The van der Waals surface area contributed by atoms with Crippen molar-refractivity contribution in [1.29, 1.82) is 0 Å². The van der Waals surface area contributed by atoms with Crippen LogP contribution in [-0.4, -0.2) is 42.3 Å². The molecule has 0 N–H and O–H groups in total. The smallest absolute Gasteiger partial charge is 0.339 e. The molecule has 5 rings (SSSR count). The van der Waals surface area contributed by atoms with Crippen molar-refractivity contribution in [3.63, 3.8) is 0 Å². The Balaban J connectivity index is 1.32. The molecule has 1 aliphatic carbocycles. The van der Waals surface area contributed by atoms with Crippen molar-refractivity contribution >= 4 is 5.65 Å². The molecule has 0 amide bonds. The molecule has 0 unspecified atom stereocenters. The van der Waals surface area contributed by atoms with Gasteiger partial charge < -0.3 is 4.52 Å². The summed E-state index contributed by atoms with van der Waals surface area (Å²) in [5.41, 5.74) is 0.583. The van der Waals surface area contributed by atoms with E-state index in [1.54, 1.807) is 10.6 Å². The Morgan fingerprint density at radius 3 is 2.96 bits per heavy atom. The van der Waals surface area contributed by atoms with E-state index in [1.165, 1.54) is 4.68 Å². The third kappa shape index (κ3) is 2.66. The summed E-state index contributed by atoms with van der Waals surface area (Å²) in [6.07, 6.45) is 6.21. The number of nitrogens with zero attached hydrogens (tertiary/aromatic N) is 6. The summed E-state index contributed by atoms with van der Waals surface area (Å²) in [7, 11) is 0. The molecule has 25 heavy (non-hydrogen) atoms. The molecule has 1 atom stereocenters. The molecule has 0 spiro atoms. The van der Waals surface area contributed by atoms with Crippen LogP contribution in [0.3, 0.4) is 0 Å². The number of hydrogen-bond acceptors (Lipinski definition) is 6. The topological polar surface area (TPSA) is 81.5 Å². The van der Waals surface area contributed by atoms with Gasteiger partial charge >= 0.3 is 5.69 Å². The van der Waals surface area contributed by atoms with Crippen LogP contribution in [0.5, 0.6) is 0 Å². The van der Waals surface area contributed by atoms with Crippen LogP contribution in [0.2, 0.25) is 0 Å². The fraction of sp³-hybridized carbons (Fsp3) is 0.529. The minimum atomic E-state index is -0.0954. The molecule has 0 radical (unpaired) electrons. The minimum Gasteiger partial charge on any atom is -0.339 e. The van der Waals surface area contributed by atoms with Gasteiger partial charge in [-0.3, -0.25) is 9.30 Å². The number of likely N-dealkylation sites (tertiary alicyclic amines) is 1. The van der Waals surface area contributed by atoms with Crippen molar-refractivity contribution in [2.45, 2.75) is 44.2 Å². The molecule has 8 nitrogen and oxygen atoms in total. The number of rotatable bonds is 5. The van der Waals surface area contributed by atoms with Crippen molar-refractivity contribution in [1.82, 2.24) is 29.2 Å². The Labute approximate surface area is 144 Å². The Hall–Kier alpha value is -2.48. The first-order valence-electron chi connectivity index (χ1n) is 8.91. The molecule has 0 bridgehead atoms. The molecule has 1 saturated heterocycles. The maximum Gasteiger partial charge on any atom is 0.350 e. The third-order valence-electron chi connectivity index (χ3n) is 5.13. The lowest BCUT2D eigenvalue weighted by molar-refractivity contribution is 0.229. The quantitative estimate of drug-likeness (QED) is 0.702. The van der Waals surface area contributed by atoms with Gasteiger partial charge in [-0.2, -0.15) is 4.98 Å². The fourth-order valence-electron chi connectivity index (χ4n) is 3.60. The van der Waals surface area contributed by atoms with Gasteiger partial charge in [0.15, 0.2) is 11.5 Å². The van der Waals surface area contributed by atoms with Crippen molar-refractivity contribution in [2.75, 3.05) is 13.1 Å². The van der Waals surface area contributed by atoms with Gasteiger partial charge in [0.1, 0.15) is 0 Å². The van der Waals surface area contributed by atoms with E-state index >= 15 is 0 Å². The van der Waals surface area contributed by atoms with Gasteiger partial charge in [0, 0.05) is 18.7 Å². The van der Waals surface area contributed by atoms with E-state index in [0.29, 0.717) is 18.1 Å². The largest absolute Gasteiger partial charge is 0.350 e. The highest BCUT2D eigenvalue weighted by Gasteiger charge is 2.34. The Morgan fingerprint density at radius 2 is 2.12 bits per heavy atom. The second kappa shape index (κ2) is 5.80. The standard InChI is InChI=1S/C17H20N6O2/c24-17-22-9-2-1-5-14(22)19-23(17)11-10-21-8-3-4-13(21)15-18-16(25-20-15)12-6-7-12/h1-2,5,9,12-13H,3-4,6-8,10-11H2/t13-/m0/s1. The Bertz CT molecular complexity index is 953. The van der Waals surface area contributed by atoms with Gasteiger partial charge in [-0.15, -0.1) is 5.10 Å². The summed E-state index contributed by atoms with van der Waals surface area (Å²) in [6, 6.07) is 5.75. The molecule has 2 aliphatic rings. The zero-order chi connectivity index (χ0) is 16.8. The van der Waals surface area contributed by atoms with Gasteiger partial charge in [0.25, 0.3) is 0 Å². The van der Waals surface area contributed by atoms with E-state index in [1.807, 2.05) is 18.2 Å². The number of aromatic nitrogens is 5.